The van der Waals surface area contributed by atoms with Crippen molar-refractivity contribution < 1.29 is 9.53 Å². The Bertz CT molecular complexity index is 993. The quantitative estimate of drug-likeness (QED) is 0.757. The molecule has 0 radical (unpaired) electrons. The number of methoxy groups -OCH3 is 1. The largest absolute Gasteiger partial charge is 0.383 e. The summed E-state index contributed by atoms with van der Waals surface area (Å²) >= 11 is 1.41. The zero-order valence-electron chi connectivity index (χ0n) is 14.2. The smallest absolute Gasteiger partial charge is 0.277 e. The van der Waals surface area contributed by atoms with Crippen molar-refractivity contribution in [3.63, 3.8) is 0 Å². The summed E-state index contributed by atoms with van der Waals surface area (Å²) in [6, 6.07) is 6.83. The summed E-state index contributed by atoms with van der Waals surface area (Å²) in [5, 5.41) is 7.34. The van der Waals surface area contributed by atoms with Gasteiger partial charge in [0.05, 0.1) is 23.4 Å². The van der Waals surface area contributed by atoms with Crippen LogP contribution in [-0.2, 0) is 11.3 Å². The lowest BCUT2D eigenvalue weighted by molar-refractivity contribution is 0.101. The Balaban J connectivity index is 1.85. The van der Waals surface area contributed by atoms with Crippen molar-refractivity contribution in [2.45, 2.75) is 20.4 Å². The molecule has 1 N–H and O–H groups in total. The molecule has 25 heavy (non-hydrogen) atoms. The van der Waals surface area contributed by atoms with E-state index in [2.05, 4.69) is 21.5 Å². The predicted octanol–water partition coefficient (Wildman–Crippen LogP) is 2.37. The molecule has 0 spiro atoms. The second-order valence-corrected chi connectivity index (χ2v) is 6.71. The lowest BCUT2D eigenvalue weighted by atomic mass is 10.1. The average molecular weight is 358 g/mol. The van der Waals surface area contributed by atoms with E-state index >= 15 is 0 Å². The number of ether oxygens (including phenoxy) is 1. The summed E-state index contributed by atoms with van der Waals surface area (Å²) < 4.78 is 7.17. The third kappa shape index (κ3) is 3.75. The number of thiazole rings is 1. The van der Waals surface area contributed by atoms with Gasteiger partial charge in [-0.05, 0) is 37.1 Å². The number of aromatic nitrogens is 3. The number of fused-ring (bicyclic) bond motifs is 1. The number of carbonyl (C=O) groups excluding carboxylic acids is 1. The van der Waals surface area contributed by atoms with Gasteiger partial charge in [0.25, 0.3) is 11.5 Å². The first-order valence-corrected chi connectivity index (χ1v) is 8.56. The third-order valence-electron chi connectivity index (χ3n) is 3.66. The second kappa shape index (κ2) is 7.12. The van der Waals surface area contributed by atoms with Gasteiger partial charge in [0.2, 0.25) is 0 Å². The van der Waals surface area contributed by atoms with Gasteiger partial charge in [-0.15, -0.1) is 0 Å². The molecule has 0 saturated carbocycles. The first-order chi connectivity index (χ1) is 12.0. The number of hydrogen-bond donors (Lipinski definition) is 1. The SMILES string of the molecule is COCCn1nc(C(=O)Nc2nc3c(C)cc(C)cc3s2)ccc1=O. The molecule has 3 rings (SSSR count). The van der Waals surface area contributed by atoms with Crippen molar-refractivity contribution in [2.24, 2.45) is 0 Å². The molecule has 0 aliphatic heterocycles. The number of carbonyl (C=O) groups is 1. The zero-order chi connectivity index (χ0) is 18.0. The van der Waals surface area contributed by atoms with Crippen LogP contribution in [-0.4, -0.2) is 34.4 Å². The van der Waals surface area contributed by atoms with Gasteiger partial charge >= 0.3 is 0 Å². The van der Waals surface area contributed by atoms with Gasteiger partial charge in [-0.1, -0.05) is 17.4 Å². The van der Waals surface area contributed by atoms with E-state index in [1.165, 1.54) is 28.2 Å². The minimum Gasteiger partial charge on any atom is -0.383 e. The molecule has 0 bridgehead atoms. The van der Waals surface area contributed by atoms with Crippen LogP contribution in [0.5, 0.6) is 0 Å². The van der Waals surface area contributed by atoms with Crippen molar-refractivity contribution in [1.29, 1.82) is 0 Å². The molecular weight excluding hydrogens is 340 g/mol. The Hall–Kier alpha value is -2.58. The van der Waals surface area contributed by atoms with Gasteiger partial charge < -0.3 is 4.74 Å². The molecule has 7 nitrogen and oxygen atoms in total. The molecule has 1 amide bonds. The van der Waals surface area contributed by atoms with Crippen LogP contribution < -0.4 is 10.9 Å². The van der Waals surface area contributed by atoms with E-state index < -0.39 is 5.91 Å². The van der Waals surface area contributed by atoms with Crippen LogP contribution in [0.15, 0.2) is 29.1 Å². The van der Waals surface area contributed by atoms with E-state index in [1.54, 1.807) is 7.11 Å². The van der Waals surface area contributed by atoms with Gasteiger partial charge in [-0.3, -0.25) is 14.9 Å². The number of amides is 1. The fourth-order valence-electron chi connectivity index (χ4n) is 2.49. The maximum absolute atomic E-state index is 12.4. The van der Waals surface area contributed by atoms with E-state index in [4.69, 9.17) is 4.74 Å². The van der Waals surface area contributed by atoms with Crippen molar-refractivity contribution >= 4 is 32.6 Å². The molecule has 3 aromatic rings. The van der Waals surface area contributed by atoms with Gasteiger partial charge in [0, 0.05) is 13.2 Å². The molecule has 0 aliphatic carbocycles. The monoisotopic (exact) mass is 358 g/mol. The maximum atomic E-state index is 12.4. The van der Waals surface area contributed by atoms with Crippen LogP contribution in [0.25, 0.3) is 10.2 Å². The lowest BCUT2D eigenvalue weighted by Crippen LogP contribution is -2.27. The highest BCUT2D eigenvalue weighted by Gasteiger charge is 2.13. The van der Waals surface area contributed by atoms with Crippen molar-refractivity contribution in [3.8, 4) is 0 Å². The summed E-state index contributed by atoms with van der Waals surface area (Å²) in [6.45, 7) is 4.65. The molecule has 0 aliphatic rings. The molecule has 130 valence electrons. The van der Waals surface area contributed by atoms with E-state index in [1.807, 2.05) is 19.9 Å². The van der Waals surface area contributed by atoms with E-state index in [-0.39, 0.29) is 17.8 Å². The van der Waals surface area contributed by atoms with Gasteiger partial charge in [-0.25, -0.2) is 9.67 Å². The summed E-state index contributed by atoms with van der Waals surface area (Å²) in [4.78, 5) is 28.7. The van der Waals surface area contributed by atoms with E-state index in [0.29, 0.717) is 11.7 Å². The van der Waals surface area contributed by atoms with Crippen molar-refractivity contribution in [2.75, 3.05) is 19.0 Å². The highest BCUT2D eigenvalue weighted by molar-refractivity contribution is 7.22. The number of nitrogens with one attached hydrogen (secondary N) is 1. The summed E-state index contributed by atoms with van der Waals surface area (Å²) in [6.07, 6.45) is 0. The van der Waals surface area contributed by atoms with E-state index in [9.17, 15) is 9.59 Å². The third-order valence-corrected chi connectivity index (χ3v) is 4.57. The number of benzene rings is 1. The number of nitrogens with zero attached hydrogens (tertiary/aromatic N) is 3. The number of anilines is 1. The fourth-order valence-corrected chi connectivity index (χ4v) is 3.53. The Kier molecular flexibility index (Phi) is 4.91. The highest BCUT2D eigenvalue weighted by Crippen LogP contribution is 2.29. The minimum atomic E-state index is -0.403. The number of hydrogen-bond acceptors (Lipinski definition) is 6. The summed E-state index contributed by atoms with van der Waals surface area (Å²) in [5.41, 5.74) is 2.97. The topological polar surface area (TPSA) is 86.1 Å². The Labute approximate surface area is 148 Å². The summed E-state index contributed by atoms with van der Waals surface area (Å²) in [5.74, 6) is -0.403. The molecule has 8 heteroatoms. The van der Waals surface area contributed by atoms with Crippen LogP contribution in [0.1, 0.15) is 21.6 Å². The average Bonchev–Trinajstić information content (AvgIpc) is 2.96. The molecule has 2 heterocycles. The predicted molar refractivity (Wildman–Crippen MR) is 97.4 cm³/mol. The highest BCUT2D eigenvalue weighted by atomic mass is 32.1. The normalized spacial score (nSPS) is 11.0. The van der Waals surface area contributed by atoms with Gasteiger partial charge in [-0.2, -0.15) is 5.10 Å². The standard InChI is InChI=1S/C17H18N4O3S/c1-10-8-11(2)15-13(9-10)25-17(18-15)19-16(23)12-4-5-14(22)21(20-12)6-7-24-3/h4-5,8-9H,6-7H2,1-3H3,(H,18,19,23). The summed E-state index contributed by atoms with van der Waals surface area (Å²) in [7, 11) is 1.54. The van der Waals surface area contributed by atoms with Crippen molar-refractivity contribution in [3.05, 3.63) is 51.4 Å². The molecule has 1 aromatic carbocycles. The van der Waals surface area contributed by atoms with E-state index in [0.717, 1.165) is 21.3 Å². The van der Waals surface area contributed by atoms with Crippen molar-refractivity contribution in [1.82, 2.24) is 14.8 Å². The van der Waals surface area contributed by atoms with Crippen LogP contribution in [0.2, 0.25) is 0 Å². The molecule has 0 unspecified atom stereocenters. The van der Waals surface area contributed by atoms with Gasteiger partial charge in [0.1, 0.15) is 5.69 Å². The van der Waals surface area contributed by atoms with Crippen LogP contribution >= 0.6 is 11.3 Å². The molecule has 0 saturated heterocycles. The first-order valence-electron chi connectivity index (χ1n) is 7.74. The fraction of sp³-hybridized carbons (Fsp3) is 0.294. The lowest BCUT2D eigenvalue weighted by Gasteiger charge is -2.06. The van der Waals surface area contributed by atoms with Crippen LogP contribution in [0.4, 0.5) is 5.13 Å². The Morgan fingerprint density at radius 2 is 2.12 bits per heavy atom. The van der Waals surface area contributed by atoms with Crippen LogP contribution in [0.3, 0.4) is 0 Å². The second-order valence-electron chi connectivity index (χ2n) is 5.67. The number of aryl methyl sites for hydroxylation is 2. The Morgan fingerprint density at radius 3 is 2.88 bits per heavy atom. The van der Waals surface area contributed by atoms with Gasteiger partial charge in [0.15, 0.2) is 5.13 Å². The molecular formula is C17H18N4O3S. The molecule has 0 atom stereocenters. The first kappa shape index (κ1) is 17.2. The minimum absolute atomic E-state index is 0.155. The zero-order valence-corrected chi connectivity index (χ0v) is 15.0. The van der Waals surface area contributed by atoms with Crippen LogP contribution in [0, 0.1) is 13.8 Å². The molecule has 0 fully saturated rings. The molecule has 2 aromatic heterocycles. The number of rotatable bonds is 5. The maximum Gasteiger partial charge on any atom is 0.277 e. The Morgan fingerprint density at radius 1 is 1.32 bits per heavy atom.